The van der Waals surface area contributed by atoms with Gasteiger partial charge in [-0.25, -0.2) is 31.9 Å². The van der Waals surface area contributed by atoms with Crippen molar-refractivity contribution in [3.05, 3.63) is 57.0 Å². The Morgan fingerprint density at radius 2 is 1.47 bits per heavy atom. The highest BCUT2D eigenvalue weighted by atomic mass is 79.9. The van der Waals surface area contributed by atoms with Gasteiger partial charge >= 0.3 is 0 Å². The minimum atomic E-state index is -1.50. The standard InChI is InChI=1S/C13H20BrFN2OS.C13H18BrFN2OS/c2*1-5-9(15)12(17-19(18)13(2,3)4)10-7-6-8-11(14)16-10/h6-9,12,17H,5H2,1-4H3;6-9H,5H2,1-4H3/t9-,12-,19+;9-,19+/m00/s1. The molecular weight excluding hydrogens is 662 g/mol. The first-order chi connectivity index (χ1) is 17.5. The van der Waals surface area contributed by atoms with Crippen molar-refractivity contribution in [2.75, 3.05) is 0 Å². The number of hydrogen-bond acceptors (Lipinski definition) is 4. The molecular formula is C26H38Br2F2N4O2S2. The molecule has 38 heavy (non-hydrogen) atoms. The molecule has 1 N–H and O–H groups in total. The third-order valence-corrected chi connectivity index (χ3v) is 8.81. The van der Waals surface area contributed by atoms with Gasteiger partial charge in [-0.3, -0.25) is 0 Å². The van der Waals surface area contributed by atoms with Crippen LogP contribution in [0.3, 0.4) is 0 Å². The summed E-state index contributed by atoms with van der Waals surface area (Å²) in [4.78, 5) is 8.45. The van der Waals surface area contributed by atoms with Crippen LogP contribution >= 0.6 is 31.9 Å². The molecule has 0 amide bonds. The maximum atomic E-state index is 14.1. The van der Waals surface area contributed by atoms with Crippen LogP contribution in [-0.2, 0) is 22.0 Å². The predicted molar refractivity (Wildman–Crippen MR) is 162 cm³/mol. The van der Waals surface area contributed by atoms with E-state index in [0.29, 0.717) is 27.0 Å². The third kappa shape index (κ3) is 11.7. The van der Waals surface area contributed by atoms with Gasteiger partial charge in [0.15, 0.2) is 0 Å². The topological polar surface area (TPSA) is 84.3 Å². The van der Waals surface area contributed by atoms with E-state index in [-0.39, 0.29) is 12.1 Å². The molecule has 0 saturated heterocycles. The minimum absolute atomic E-state index is 0.150. The average Bonchev–Trinajstić information content (AvgIpc) is 2.83. The van der Waals surface area contributed by atoms with Crippen molar-refractivity contribution >= 4 is 59.5 Å². The molecule has 0 spiro atoms. The van der Waals surface area contributed by atoms with Crippen LogP contribution in [0.5, 0.6) is 0 Å². The Labute approximate surface area is 247 Å². The number of pyridine rings is 2. The van der Waals surface area contributed by atoms with Gasteiger partial charge in [0.2, 0.25) is 0 Å². The number of nitrogens with zero attached hydrogens (tertiary/aromatic N) is 3. The summed E-state index contributed by atoms with van der Waals surface area (Å²) in [6.07, 6.45) is -1.79. The summed E-state index contributed by atoms with van der Waals surface area (Å²) < 4.78 is 59.6. The smallest absolute Gasteiger partial charge is 0.145 e. The number of rotatable bonds is 9. The number of aromatic nitrogens is 2. The molecule has 0 bridgehead atoms. The van der Waals surface area contributed by atoms with Crippen molar-refractivity contribution in [3.63, 3.8) is 0 Å². The van der Waals surface area contributed by atoms with Crippen LogP contribution in [0.25, 0.3) is 0 Å². The number of alkyl halides is 2. The lowest BCUT2D eigenvalue weighted by Crippen LogP contribution is -2.39. The monoisotopic (exact) mass is 698 g/mol. The zero-order valence-corrected chi connectivity index (χ0v) is 27.9. The molecule has 2 aromatic rings. The molecule has 0 radical (unpaired) electrons. The molecule has 0 aliphatic rings. The van der Waals surface area contributed by atoms with Gasteiger partial charge in [0, 0.05) is 0 Å². The summed E-state index contributed by atoms with van der Waals surface area (Å²) >= 11 is 6.51. The Balaban J connectivity index is 0.000000380. The van der Waals surface area contributed by atoms with Crippen molar-refractivity contribution < 1.29 is 17.2 Å². The lowest BCUT2D eigenvalue weighted by atomic mass is 10.1. The second-order valence-electron chi connectivity index (χ2n) is 10.3. The molecule has 2 rings (SSSR count). The molecule has 5 atom stereocenters. The molecule has 0 saturated carbocycles. The molecule has 2 aromatic heterocycles. The van der Waals surface area contributed by atoms with E-state index < -0.39 is 49.9 Å². The van der Waals surface area contributed by atoms with Gasteiger partial charge in [-0.1, -0.05) is 26.0 Å². The van der Waals surface area contributed by atoms with E-state index in [1.807, 2.05) is 20.8 Å². The molecule has 2 heterocycles. The second-order valence-corrected chi connectivity index (χ2v) is 15.9. The first-order valence-corrected chi connectivity index (χ1v) is 16.1. The maximum Gasteiger partial charge on any atom is 0.145 e. The van der Waals surface area contributed by atoms with Crippen molar-refractivity contribution in [1.82, 2.24) is 14.7 Å². The van der Waals surface area contributed by atoms with Gasteiger partial charge in [0.25, 0.3) is 0 Å². The summed E-state index contributed by atoms with van der Waals surface area (Å²) in [6, 6.07) is 9.83. The molecule has 12 heteroatoms. The zero-order chi connectivity index (χ0) is 29.3. The normalized spacial score (nSPS) is 16.6. The second kappa shape index (κ2) is 15.7. The molecule has 0 unspecified atom stereocenters. The summed E-state index contributed by atoms with van der Waals surface area (Å²) in [5.74, 6) is 0. The van der Waals surface area contributed by atoms with Crippen LogP contribution in [0.15, 0.2) is 50.0 Å². The Bertz CT molecular complexity index is 1120. The highest BCUT2D eigenvalue weighted by molar-refractivity contribution is 9.10. The van der Waals surface area contributed by atoms with Crippen LogP contribution in [0, 0.1) is 0 Å². The van der Waals surface area contributed by atoms with E-state index in [1.54, 1.807) is 71.0 Å². The number of hydrogen-bond donors (Lipinski definition) is 1. The maximum absolute atomic E-state index is 14.1. The van der Waals surface area contributed by atoms with Crippen LogP contribution < -0.4 is 4.72 Å². The Kier molecular flexibility index (Phi) is 14.5. The Morgan fingerprint density at radius 1 is 0.921 bits per heavy atom. The molecule has 0 aliphatic carbocycles. The van der Waals surface area contributed by atoms with Gasteiger partial charge in [-0.15, -0.1) is 0 Å². The van der Waals surface area contributed by atoms with Gasteiger partial charge in [0.1, 0.15) is 38.2 Å². The van der Waals surface area contributed by atoms with Crippen LogP contribution in [0.1, 0.15) is 85.7 Å². The van der Waals surface area contributed by atoms with E-state index in [1.165, 1.54) is 0 Å². The van der Waals surface area contributed by atoms with E-state index in [0.717, 1.165) is 0 Å². The van der Waals surface area contributed by atoms with E-state index in [2.05, 4.69) is 50.9 Å². The van der Waals surface area contributed by atoms with Crippen molar-refractivity contribution in [1.29, 1.82) is 0 Å². The van der Waals surface area contributed by atoms with E-state index in [9.17, 15) is 17.2 Å². The number of nitrogens with one attached hydrogen (secondary N) is 1. The summed E-state index contributed by atoms with van der Waals surface area (Å²) in [7, 11) is -2.85. The highest BCUT2D eigenvalue weighted by Crippen LogP contribution is 2.24. The largest absolute Gasteiger partial charge is 0.245 e. The third-order valence-electron chi connectivity index (χ3n) is 4.93. The lowest BCUT2D eigenvalue weighted by molar-refractivity contribution is 0.261. The van der Waals surface area contributed by atoms with E-state index in [4.69, 9.17) is 0 Å². The van der Waals surface area contributed by atoms with Gasteiger partial charge in [0.05, 0.1) is 37.9 Å². The lowest BCUT2D eigenvalue weighted by Gasteiger charge is -2.25. The van der Waals surface area contributed by atoms with E-state index >= 15 is 0 Å². The van der Waals surface area contributed by atoms with Gasteiger partial charge in [-0.05, 0) is 111 Å². The Hall–Kier alpha value is -0.950. The first-order valence-electron chi connectivity index (χ1n) is 12.2. The summed E-state index contributed by atoms with van der Waals surface area (Å²) in [5.41, 5.74) is 1.12. The van der Waals surface area contributed by atoms with Crippen molar-refractivity contribution in [3.8, 4) is 0 Å². The molecule has 0 fully saturated rings. The van der Waals surface area contributed by atoms with Crippen LogP contribution in [-0.4, -0.2) is 45.9 Å². The quantitative estimate of drug-likeness (QED) is 0.217. The van der Waals surface area contributed by atoms with Crippen LogP contribution in [0.4, 0.5) is 8.78 Å². The van der Waals surface area contributed by atoms with Gasteiger partial charge in [-0.2, -0.15) is 4.40 Å². The highest BCUT2D eigenvalue weighted by Gasteiger charge is 2.29. The number of halogens is 4. The van der Waals surface area contributed by atoms with Gasteiger partial charge < -0.3 is 0 Å². The zero-order valence-electron chi connectivity index (χ0n) is 23.1. The SMILES string of the molecule is CC[C@H](F)C(=N[S@](=O)C(C)(C)C)c1cccc(Br)n1.CC[C@H](F)[C@H](N[S@](=O)C(C)(C)C)c1cccc(Br)n1. The summed E-state index contributed by atoms with van der Waals surface area (Å²) in [6.45, 7) is 14.4. The van der Waals surface area contributed by atoms with Crippen molar-refractivity contribution in [2.24, 2.45) is 4.40 Å². The summed E-state index contributed by atoms with van der Waals surface area (Å²) in [5, 5.41) is 0. The molecule has 214 valence electrons. The first kappa shape index (κ1) is 35.1. The minimum Gasteiger partial charge on any atom is -0.245 e. The Morgan fingerprint density at radius 3 is 1.92 bits per heavy atom. The fraction of sp³-hybridized carbons (Fsp3) is 0.577. The fourth-order valence-corrected chi connectivity index (χ4v) is 4.89. The molecule has 6 nitrogen and oxygen atoms in total. The average molecular weight is 701 g/mol. The molecule has 0 aliphatic heterocycles. The predicted octanol–water partition coefficient (Wildman–Crippen LogP) is 7.53. The van der Waals surface area contributed by atoms with Crippen molar-refractivity contribution in [2.45, 2.75) is 96.1 Å². The fourth-order valence-electron chi connectivity index (χ4n) is 2.68. The van der Waals surface area contributed by atoms with Crippen LogP contribution in [0.2, 0.25) is 0 Å². The molecule has 0 aromatic carbocycles.